The molecule has 1 aromatic carbocycles. The molecule has 0 unspecified atom stereocenters. The number of carbonyl (C=O) groups excluding carboxylic acids is 1. The van der Waals surface area contributed by atoms with Crippen LogP contribution in [0.3, 0.4) is 0 Å². The van der Waals surface area contributed by atoms with Gasteiger partial charge in [0.05, 0.1) is 7.11 Å². The van der Waals surface area contributed by atoms with E-state index in [0.717, 1.165) is 22.0 Å². The Morgan fingerprint density at radius 2 is 2.17 bits per heavy atom. The molecular formula is C14H11NO2S. The van der Waals surface area contributed by atoms with Gasteiger partial charge in [0, 0.05) is 17.3 Å². The van der Waals surface area contributed by atoms with Crippen LogP contribution in [0.2, 0.25) is 0 Å². The number of carbonyl (C=O) groups is 1. The Balaban J connectivity index is 2.14. The van der Waals surface area contributed by atoms with Crippen LogP contribution in [0.5, 0.6) is 0 Å². The lowest BCUT2D eigenvalue weighted by molar-refractivity contribution is 0.0607. The van der Waals surface area contributed by atoms with Gasteiger partial charge in [-0.15, -0.1) is 11.3 Å². The number of methoxy groups -OCH3 is 1. The maximum absolute atomic E-state index is 11.7. The van der Waals surface area contributed by atoms with Crippen LogP contribution < -0.4 is 0 Å². The number of aromatic nitrogens is 1. The first-order chi connectivity index (χ1) is 8.79. The summed E-state index contributed by atoms with van der Waals surface area (Å²) < 4.78 is 4.79. The summed E-state index contributed by atoms with van der Waals surface area (Å²) >= 11 is 1.40. The first kappa shape index (κ1) is 11.0. The number of thiophene rings is 1. The highest BCUT2D eigenvalue weighted by molar-refractivity contribution is 7.12. The van der Waals surface area contributed by atoms with Gasteiger partial charge in [0.1, 0.15) is 4.88 Å². The highest BCUT2D eigenvalue weighted by Gasteiger charge is 2.15. The van der Waals surface area contributed by atoms with Crippen molar-refractivity contribution in [3.63, 3.8) is 0 Å². The van der Waals surface area contributed by atoms with Gasteiger partial charge in [-0.05, 0) is 40.6 Å². The summed E-state index contributed by atoms with van der Waals surface area (Å²) in [5.41, 5.74) is 3.05. The number of fused-ring (bicyclic) bond motifs is 1. The largest absolute Gasteiger partial charge is 0.465 e. The van der Waals surface area contributed by atoms with E-state index in [1.54, 1.807) is 0 Å². The van der Waals surface area contributed by atoms with Crippen molar-refractivity contribution >= 4 is 28.2 Å². The molecule has 0 bridgehead atoms. The van der Waals surface area contributed by atoms with Gasteiger partial charge in [-0.3, -0.25) is 0 Å². The molecule has 0 spiro atoms. The molecule has 3 nitrogen and oxygen atoms in total. The number of rotatable bonds is 2. The third-order valence-corrected chi connectivity index (χ3v) is 3.79. The number of H-pyrrole nitrogens is 1. The Hall–Kier alpha value is -2.07. The Kier molecular flexibility index (Phi) is 2.64. The van der Waals surface area contributed by atoms with Crippen LogP contribution in [0.1, 0.15) is 9.67 Å². The lowest BCUT2D eigenvalue weighted by Crippen LogP contribution is -1.99. The maximum atomic E-state index is 11.7. The van der Waals surface area contributed by atoms with Gasteiger partial charge >= 0.3 is 5.97 Å². The minimum atomic E-state index is -0.283. The lowest BCUT2D eigenvalue weighted by Gasteiger charge is -2.03. The average Bonchev–Trinajstić information content (AvgIpc) is 3.05. The molecule has 0 atom stereocenters. The van der Waals surface area contributed by atoms with Crippen LogP contribution in [0.4, 0.5) is 0 Å². The highest BCUT2D eigenvalue weighted by Crippen LogP contribution is 2.30. The number of ether oxygens (including phenoxy) is 1. The van der Waals surface area contributed by atoms with Gasteiger partial charge in [-0.1, -0.05) is 6.07 Å². The smallest absolute Gasteiger partial charge is 0.348 e. The van der Waals surface area contributed by atoms with E-state index in [9.17, 15) is 4.79 Å². The molecule has 18 heavy (non-hydrogen) atoms. The van der Waals surface area contributed by atoms with Gasteiger partial charge in [0.15, 0.2) is 0 Å². The molecule has 0 fully saturated rings. The van der Waals surface area contributed by atoms with Crippen LogP contribution in [0.15, 0.2) is 41.9 Å². The van der Waals surface area contributed by atoms with E-state index in [0.29, 0.717) is 4.88 Å². The summed E-state index contributed by atoms with van der Waals surface area (Å²) in [5.74, 6) is -0.283. The van der Waals surface area contributed by atoms with Crippen LogP contribution in [0.25, 0.3) is 22.0 Å². The Labute approximate surface area is 108 Å². The molecule has 0 aliphatic rings. The Morgan fingerprint density at radius 3 is 3.00 bits per heavy atom. The molecule has 0 saturated carbocycles. The Morgan fingerprint density at radius 1 is 1.28 bits per heavy atom. The standard InChI is InChI=1S/C14H11NO2S/c1-17-14(16)13-11(5-7-18-13)9-2-3-12-10(8-9)4-6-15-12/h2-8,15H,1H3. The summed E-state index contributed by atoms with van der Waals surface area (Å²) in [7, 11) is 1.40. The van der Waals surface area contributed by atoms with Gasteiger partial charge in [-0.2, -0.15) is 0 Å². The normalized spacial score (nSPS) is 10.7. The van der Waals surface area contributed by atoms with Gasteiger partial charge in [-0.25, -0.2) is 4.79 Å². The van der Waals surface area contributed by atoms with E-state index in [1.807, 2.05) is 35.8 Å². The molecule has 0 radical (unpaired) electrons. The summed E-state index contributed by atoms with van der Waals surface area (Å²) in [6, 6.07) is 10.1. The van der Waals surface area contributed by atoms with Crippen molar-refractivity contribution < 1.29 is 9.53 Å². The van der Waals surface area contributed by atoms with Gasteiger partial charge in [0.2, 0.25) is 0 Å². The maximum Gasteiger partial charge on any atom is 0.348 e. The third kappa shape index (κ3) is 1.71. The summed E-state index contributed by atoms with van der Waals surface area (Å²) in [6.07, 6.45) is 1.91. The summed E-state index contributed by atoms with van der Waals surface area (Å²) in [4.78, 5) is 15.5. The second-order valence-corrected chi connectivity index (χ2v) is 4.85. The van der Waals surface area contributed by atoms with Crippen LogP contribution >= 0.6 is 11.3 Å². The van der Waals surface area contributed by atoms with E-state index >= 15 is 0 Å². The minimum Gasteiger partial charge on any atom is -0.465 e. The van der Waals surface area contributed by atoms with Crippen molar-refractivity contribution in [1.82, 2.24) is 4.98 Å². The molecule has 2 aromatic heterocycles. The molecule has 2 heterocycles. The summed E-state index contributed by atoms with van der Waals surface area (Å²) in [6.45, 7) is 0. The lowest BCUT2D eigenvalue weighted by atomic mass is 10.0. The van der Waals surface area contributed by atoms with Crippen molar-refractivity contribution in [3.8, 4) is 11.1 Å². The van der Waals surface area contributed by atoms with Crippen molar-refractivity contribution in [2.75, 3.05) is 7.11 Å². The van der Waals surface area contributed by atoms with Crippen molar-refractivity contribution in [2.24, 2.45) is 0 Å². The fraction of sp³-hybridized carbons (Fsp3) is 0.0714. The van der Waals surface area contributed by atoms with Crippen LogP contribution in [-0.2, 0) is 4.74 Å². The zero-order valence-electron chi connectivity index (χ0n) is 9.77. The fourth-order valence-electron chi connectivity index (χ4n) is 2.01. The fourth-order valence-corrected chi connectivity index (χ4v) is 2.84. The molecule has 90 valence electrons. The summed E-state index contributed by atoms with van der Waals surface area (Å²) in [5, 5.41) is 3.04. The zero-order valence-corrected chi connectivity index (χ0v) is 10.6. The molecular weight excluding hydrogens is 246 g/mol. The first-order valence-electron chi connectivity index (χ1n) is 5.53. The predicted molar refractivity (Wildman–Crippen MR) is 73.0 cm³/mol. The molecule has 3 rings (SSSR count). The molecule has 0 aliphatic heterocycles. The highest BCUT2D eigenvalue weighted by atomic mass is 32.1. The van der Waals surface area contributed by atoms with Gasteiger partial charge < -0.3 is 9.72 Å². The number of benzene rings is 1. The van der Waals surface area contributed by atoms with Crippen LogP contribution in [0, 0.1) is 0 Å². The second kappa shape index (κ2) is 4.31. The molecule has 1 N–H and O–H groups in total. The number of aromatic amines is 1. The average molecular weight is 257 g/mol. The monoisotopic (exact) mass is 257 g/mol. The van der Waals surface area contributed by atoms with Gasteiger partial charge in [0.25, 0.3) is 0 Å². The predicted octanol–water partition coefficient (Wildman–Crippen LogP) is 3.68. The SMILES string of the molecule is COC(=O)c1sccc1-c1ccc2[nH]ccc2c1. The topological polar surface area (TPSA) is 42.1 Å². The quantitative estimate of drug-likeness (QED) is 0.711. The van der Waals surface area contributed by atoms with E-state index in [2.05, 4.69) is 11.1 Å². The molecule has 0 amide bonds. The van der Waals surface area contributed by atoms with E-state index < -0.39 is 0 Å². The number of hydrogen-bond acceptors (Lipinski definition) is 3. The van der Waals surface area contributed by atoms with E-state index in [-0.39, 0.29) is 5.97 Å². The van der Waals surface area contributed by atoms with Crippen molar-refractivity contribution in [1.29, 1.82) is 0 Å². The number of esters is 1. The van der Waals surface area contributed by atoms with Crippen LogP contribution in [-0.4, -0.2) is 18.1 Å². The molecule has 3 aromatic rings. The second-order valence-electron chi connectivity index (χ2n) is 3.93. The molecule has 0 saturated heterocycles. The number of nitrogens with one attached hydrogen (secondary N) is 1. The van der Waals surface area contributed by atoms with Crippen molar-refractivity contribution in [2.45, 2.75) is 0 Å². The van der Waals surface area contributed by atoms with Crippen molar-refractivity contribution in [3.05, 3.63) is 46.8 Å². The molecule has 4 heteroatoms. The first-order valence-corrected chi connectivity index (χ1v) is 6.41. The molecule has 0 aliphatic carbocycles. The third-order valence-electron chi connectivity index (χ3n) is 2.90. The minimum absolute atomic E-state index is 0.283. The Bertz CT molecular complexity index is 711. The zero-order chi connectivity index (χ0) is 12.5. The van der Waals surface area contributed by atoms with E-state index in [1.165, 1.54) is 18.4 Å². The number of hydrogen-bond donors (Lipinski definition) is 1. The van der Waals surface area contributed by atoms with E-state index in [4.69, 9.17) is 4.74 Å².